The Bertz CT molecular complexity index is 995. The number of ether oxygens (including phenoxy) is 1. The zero-order valence-electron chi connectivity index (χ0n) is 14.7. The fourth-order valence-electron chi connectivity index (χ4n) is 3.21. The van der Waals surface area contributed by atoms with Crippen molar-refractivity contribution in [3.8, 4) is 11.8 Å². The molecule has 1 atom stereocenters. The van der Waals surface area contributed by atoms with Crippen molar-refractivity contribution < 1.29 is 4.74 Å². The largest absolute Gasteiger partial charge is 0.487 e. The fourth-order valence-corrected chi connectivity index (χ4v) is 3.21. The van der Waals surface area contributed by atoms with E-state index in [2.05, 4.69) is 5.32 Å². The Hall–Kier alpha value is -3.01. The van der Waals surface area contributed by atoms with Crippen molar-refractivity contribution in [3.63, 3.8) is 0 Å². The third-order valence-electron chi connectivity index (χ3n) is 4.46. The van der Waals surface area contributed by atoms with Gasteiger partial charge < -0.3 is 10.1 Å². The number of fused-ring (bicyclic) bond motifs is 1. The van der Waals surface area contributed by atoms with Gasteiger partial charge in [0.05, 0.1) is 6.04 Å². The molecule has 3 rings (SSSR count). The maximum atomic E-state index is 12.3. The van der Waals surface area contributed by atoms with E-state index in [1.807, 2.05) is 44.2 Å². The van der Waals surface area contributed by atoms with Crippen molar-refractivity contribution in [2.75, 3.05) is 5.32 Å². The second-order valence-electron chi connectivity index (χ2n) is 6.84. The van der Waals surface area contributed by atoms with Gasteiger partial charge in [0.2, 0.25) is 0 Å². The molecule has 0 bridgehead atoms. The molecule has 1 aliphatic rings. The number of nitriles is 1. The highest BCUT2D eigenvalue weighted by Crippen LogP contribution is 2.40. The average molecular weight is 340 g/mol. The Morgan fingerprint density at radius 2 is 1.92 bits per heavy atom. The molecule has 1 aromatic carbocycles. The molecule has 1 aromatic heterocycles. The van der Waals surface area contributed by atoms with E-state index in [1.165, 1.54) is 11.6 Å². The van der Waals surface area contributed by atoms with Crippen LogP contribution in [0.1, 0.15) is 37.4 Å². The molecule has 130 valence electrons. The van der Waals surface area contributed by atoms with E-state index < -0.39 is 16.9 Å². The number of nitrogens with zero attached hydrogens (tertiary/aromatic N) is 3. The summed E-state index contributed by atoms with van der Waals surface area (Å²) in [7, 11) is 2.91. The number of benzene rings is 1. The summed E-state index contributed by atoms with van der Waals surface area (Å²) in [5.74, 6) is 0.983. The summed E-state index contributed by atoms with van der Waals surface area (Å²) in [4.78, 5) is 24.5. The molecule has 1 aliphatic heterocycles. The average Bonchev–Trinajstić information content (AvgIpc) is 2.57. The minimum absolute atomic E-state index is 0.0774. The zero-order chi connectivity index (χ0) is 18.4. The molecule has 25 heavy (non-hydrogen) atoms. The van der Waals surface area contributed by atoms with E-state index in [0.717, 1.165) is 15.9 Å². The first-order valence-electron chi connectivity index (χ1n) is 8.00. The van der Waals surface area contributed by atoms with Crippen molar-refractivity contribution in [1.82, 2.24) is 9.13 Å². The van der Waals surface area contributed by atoms with E-state index in [9.17, 15) is 14.9 Å². The highest BCUT2D eigenvalue weighted by atomic mass is 16.5. The maximum absolute atomic E-state index is 12.3. The van der Waals surface area contributed by atoms with E-state index in [-0.39, 0.29) is 17.4 Å². The summed E-state index contributed by atoms with van der Waals surface area (Å²) in [6, 6.07) is 9.36. The quantitative estimate of drug-likeness (QED) is 0.898. The highest BCUT2D eigenvalue weighted by molar-refractivity contribution is 5.54. The lowest BCUT2D eigenvalue weighted by molar-refractivity contribution is 0.0758. The van der Waals surface area contributed by atoms with Gasteiger partial charge in [-0.25, -0.2) is 4.79 Å². The van der Waals surface area contributed by atoms with Crippen LogP contribution >= 0.6 is 0 Å². The predicted octanol–water partition coefficient (Wildman–Crippen LogP) is 1.67. The van der Waals surface area contributed by atoms with Gasteiger partial charge in [-0.2, -0.15) is 5.26 Å². The van der Waals surface area contributed by atoms with Crippen LogP contribution in [0.4, 0.5) is 5.82 Å². The second-order valence-corrected chi connectivity index (χ2v) is 6.84. The molecule has 7 heteroatoms. The summed E-state index contributed by atoms with van der Waals surface area (Å²) in [5, 5.41) is 12.7. The van der Waals surface area contributed by atoms with E-state index in [4.69, 9.17) is 4.74 Å². The zero-order valence-corrected chi connectivity index (χ0v) is 14.7. The molecular formula is C18H20N4O3. The van der Waals surface area contributed by atoms with Crippen LogP contribution in [0.15, 0.2) is 33.9 Å². The smallest absolute Gasteiger partial charge is 0.332 e. The molecule has 1 unspecified atom stereocenters. The molecule has 0 radical (unpaired) electrons. The van der Waals surface area contributed by atoms with Crippen LogP contribution in [0.3, 0.4) is 0 Å². The van der Waals surface area contributed by atoms with Crippen molar-refractivity contribution in [1.29, 1.82) is 5.26 Å². The minimum Gasteiger partial charge on any atom is -0.487 e. The predicted molar refractivity (Wildman–Crippen MR) is 93.8 cm³/mol. The first-order chi connectivity index (χ1) is 11.7. The first kappa shape index (κ1) is 16.8. The van der Waals surface area contributed by atoms with Crippen molar-refractivity contribution in [2.45, 2.75) is 31.9 Å². The van der Waals surface area contributed by atoms with Crippen LogP contribution in [0.2, 0.25) is 0 Å². The van der Waals surface area contributed by atoms with E-state index >= 15 is 0 Å². The van der Waals surface area contributed by atoms with Gasteiger partial charge in [0, 0.05) is 26.1 Å². The number of rotatable bonds is 2. The Kier molecular flexibility index (Phi) is 3.91. The van der Waals surface area contributed by atoms with Crippen molar-refractivity contribution in [2.24, 2.45) is 14.1 Å². The lowest BCUT2D eigenvalue weighted by atomic mass is 9.89. The number of nitrogens with one attached hydrogen (secondary N) is 1. The molecule has 0 saturated heterocycles. The third-order valence-corrected chi connectivity index (χ3v) is 4.46. The van der Waals surface area contributed by atoms with Gasteiger partial charge in [-0.1, -0.05) is 18.2 Å². The molecule has 0 fully saturated rings. The molecule has 2 aromatic rings. The number of hydrogen-bond donors (Lipinski definition) is 1. The van der Waals surface area contributed by atoms with Crippen molar-refractivity contribution >= 4 is 5.82 Å². The standard InChI is InChI=1S/C18H20N4O3/c1-18(2)9-13(11-7-5-6-8-14(11)25-18)20-15-12(10-19)16(23)22(4)17(24)21(15)3/h5-8,13,20H,9H2,1-4H3. The molecule has 7 nitrogen and oxygen atoms in total. The molecular weight excluding hydrogens is 320 g/mol. The molecule has 0 saturated carbocycles. The molecule has 0 aliphatic carbocycles. The maximum Gasteiger partial charge on any atom is 0.332 e. The van der Waals surface area contributed by atoms with Gasteiger partial charge in [0.1, 0.15) is 23.2 Å². The summed E-state index contributed by atoms with van der Waals surface area (Å²) < 4.78 is 8.23. The first-order valence-corrected chi connectivity index (χ1v) is 8.00. The SMILES string of the molecule is Cn1c(NC2CC(C)(C)Oc3ccccc32)c(C#N)c(=O)n(C)c1=O. The van der Waals surface area contributed by atoms with Crippen molar-refractivity contribution in [3.05, 3.63) is 56.2 Å². The fraction of sp³-hybridized carbons (Fsp3) is 0.389. The monoisotopic (exact) mass is 340 g/mol. The van der Waals surface area contributed by atoms with Crippen LogP contribution in [-0.4, -0.2) is 14.7 Å². The minimum atomic E-state index is -0.604. The number of para-hydroxylation sites is 1. The second kappa shape index (κ2) is 5.81. The summed E-state index contributed by atoms with van der Waals surface area (Å²) in [6.07, 6.45) is 0.623. The van der Waals surface area contributed by atoms with Gasteiger partial charge in [0.25, 0.3) is 5.56 Å². The van der Waals surface area contributed by atoms with Gasteiger partial charge in [-0.3, -0.25) is 13.9 Å². The number of aromatic nitrogens is 2. The Balaban J connectivity index is 2.14. The lowest BCUT2D eigenvalue weighted by Crippen LogP contribution is -2.42. The van der Waals surface area contributed by atoms with Crippen LogP contribution in [-0.2, 0) is 14.1 Å². The van der Waals surface area contributed by atoms with Gasteiger partial charge in [-0.15, -0.1) is 0 Å². The third kappa shape index (κ3) is 2.80. The molecule has 2 heterocycles. The van der Waals surface area contributed by atoms with Crippen LogP contribution in [0.25, 0.3) is 0 Å². The van der Waals surface area contributed by atoms with Crippen LogP contribution in [0.5, 0.6) is 5.75 Å². The van der Waals surface area contributed by atoms with Crippen LogP contribution < -0.4 is 21.3 Å². The Morgan fingerprint density at radius 3 is 2.60 bits per heavy atom. The lowest BCUT2D eigenvalue weighted by Gasteiger charge is -2.38. The normalized spacial score (nSPS) is 18.0. The highest BCUT2D eigenvalue weighted by Gasteiger charge is 2.34. The molecule has 0 spiro atoms. The van der Waals surface area contributed by atoms with E-state index in [1.54, 1.807) is 7.05 Å². The summed E-state index contributed by atoms with van der Waals surface area (Å²) >= 11 is 0. The van der Waals surface area contributed by atoms with Gasteiger partial charge in [-0.05, 0) is 19.9 Å². The van der Waals surface area contributed by atoms with Gasteiger partial charge >= 0.3 is 5.69 Å². The van der Waals surface area contributed by atoms with E-state index in [0.29, 0.717) is 6.42 Å². The number of anilines is 1. The summed E-state index contributed by atoms with van der Waals surface area (Å²) in [6.45, 7) is 3.96. The topological polar surface area (TPSA) is 89.1 Å². The Labute approximate surface area is 145 Å². The number of hydrogen-bond acceptors (Lipinski definition) is 5. The Morgan fingerprint density at radius 1 is 1.24 bits per heavy atom. The molecule has 1 N–H and O–H groups in total. The van der Waals surface area contributed by atoms with Gasteiger partial charge in [0.15, 0.2) is 5.56 Å². The van der Waals surface area contributed by atoms with Crippen LogP contribution in [0, 0.1) is 11.3 Å². The molecule has 0 amide bonds. The summed E-state index contributed by atoms with van der Waals surface area (Å²) in [5.41, 5.74) is -0.652.